The molecule has 7 heavy (non-hydrogen) atoms. The minimum atomic E-state index is 1.01. The Bertz CT molecular complexity index is 50.0. The summed E-state index contributed by atoms with van der Waals surface area (Å²) < 4.78 is 2.57. The van der Waals surface area contributed by atoms with E-state index in [1.165, 1.54) is 19.3 Å². The van der Waals surface area contributed by atoms with Crippen molar-refractivity contribution in [3.8, 4) is 0 Å². The van der Waals surface area contributed by atoms with Crippen LogP contribution in [0.4, 0.5) is 0 Å². The number of hydrogen-bond donors (Lipinski definition) is 1. The Hall–Kier alpha value is -0.0800. The highest BCUT2D eigenvalue weighted by Gasteiger charge is 2.09. The van der Waals surface area contributed by atoms with Crippen LogP contribution < -0.4 is 5.90 Å². The van der Waals surface area contributed by atoms with Gasteiger partial charge in [0.2, 0.25) is 0 Å². The first-order valence-electron chi connectivity index (χ1n) is 2.81. The monoisotopic (exact) mass is 102 g/mol. The van der Waals surface area contributed by atoms with Crippen molar-refractivity contribution in [1.82, 2.24) is 0 Å². The third kappa shape index (κ3) is 1.45. The van der Waals surface area contributed by atoms with Crippen LogP contribution in [0.3, 0.4) is 0 Å². The maximum absolute atomic E-state index is 5.38. The van der Waals surface area contributed by atoms with Crippen molar-refractivity contribution in [3.05, 3.63) is 0 Å². The first-order valence-corrected chi connectivity index (χ1v) is 2.81. The van der Waals surface area contributed by atoms with E-state index >= 15 is 0 Å². The predicted octanol–water partition coefficient (Wildman–Crippen LogP) is 0.596. The Morgan fingerprint density at radius 3 is 1.86 bits per heavy atom. The van der Waals surface area contributed by atoms with Crippen molar-refractivity contribution in [2.24, 2.45) is 5.90 Å². The molecule has 1 saturated heterocycles. The van der Waals surface area contributed by atoms with Gasteiger partial charge in [-0.1, -0.05) is 0 Å². The molecule has 1 heterocycles. The highest BCUT2D eigenvalue weighted by Crippen LogP contribution is 2.06. The molecule has 0 amide bonds. The quantitative estimate of drug-likeness (QED) is 0.446. The Morgan fingerprint density at radius 2 is 1.57 bits per heavy atom. The number of rotatable bonds is 0. The second-order valence-electron chi connectivity index (χ2n) is 2.01. The van der Waals surface area contributed by atoms with Crippen molar-refractivity contribution in [1.29, 1.82) is 0 Å². The summed E-state index contributed by atoms with van der Waals surface area (Å²) in [5, 5.41) is 0. The van der Waals surface area contributed by atoms with Gasteiger partial charge < -0.3 is 4.47 Å². The molecule has 1 fully saturated rings. The van der Waals surface area contributed by atoms with Crippen molar-refractivity contribution >= 4 is 0 Å². The molecule has 0 aromatic carbocycles. The molecule has 1 aliphatic heterocycles. The van der Waals surface area contributed by atoms with Crippen LogP contribution in [0.2, 0.25) is 0 Å². The van der Waals surface area contributed by atoms with E-state index in [9.17, 15) is 0 Å². The molecule has 1 rings (SSSR count). The molecular formula is C5H12NO+. The van der Waals surface area contributed by atoms with Crippen molar-refractivity contribution < 1.29 is 4.47 Å². The van der Waals surface area contributed by atoms with Gasteiger partial charge in [0, 0.05) is 12.8 Å². The summed E-state index contributed by atoms with van der Waals surface area (Å²) in [6.45, 7) is 2.03. The zero-order valence-electron chi connectivity index (χ0n) is 4.52. The maximum Gasteiger partial charge on any atom is 0.168 e. The van der Waals surface area contributed by atoms with Gasteiger partial charge in [-0.05, 0) is 6.42 Å². The Kier molecular flexibility index (Phi) is 1.65. The van der Waals surface area contributed by atoms with E-state index < -0.39 is 0 Å². The van der Waals surface area contributed by atoms with E-state index in [0.29, 0.717) is 0 Å². The molecule has 0 aliphatic carbocycles. The molecule has 0 unspecified atom stereocenters. The molecule has 0 aromatic heterocycles. The normalized spacial score (nSPS) is 25.3. The minimum Gasteiger partial charge on any atom is -0.321 e. The van der Waals surface area contributed by atoms with Gasteiger partial charge >= 0.3 is 0 Å². The number of hydrogen-bond acceptors (Lipinski definition) is 1. The van der Waals surface area contributed by atoms with Gasteiger partial charge in [0.15, 0.2) is 13.2 Å². The summed E-state index contributed by atoms with van der Waals surface area (Å²) in [5.41, 5.74) is 0. The van der Waals surface area contributed by atoms with Crippen molar-refractivity contribution in [2.75, 3.05) is 13.2 Å². The summed E-state index contributed by atoms with van der Waals surface area (Å²) in [6.07, 6.45) is 3.85. The molecule has 2 nitrogen and oxygen atoms in total. The van der Waals surface area contributed by atoms with Crippen LogP contribution in [0.15, 0.2) is 0 Å². The molecule has 1 aliphatic rings. The maximum atomic E-state index is 5.38. The van der Waals surface area contributed by atoms with Crippen LogP contribution in [0.1, 0.15) is 19.3 Å². The molecule has 0 spiro atoms. The van der Waals surface area contributed by atoms with Gasteiger partial charge in [-0.2, -0.15) is 0 Å². The largest absolute Gasteiger partial charge is 0.321 e. The van der Waals surface area contributed by atoms with Crippen LogP contribution in [0.25, 0.3) is 0 Å². The lowest BCUT2D eigenvalue weighted by molar-refractivity contribution is -0.162. The second-order valence-corrected chi connectivity index (χ2v) is 2.01. The lowest BCUT2D eigenvalue weighted by atomic mass is 10.2. The zero-order chi connectivity index (χ0) is 5.11. The van der Waals surface area contributed by atoms with Crippen LogP contribution in [-0.4, -0.2) is 13.2 Å². The van der Waals surface area contributed by atoms with Crippen LogP contribution in [-0.2, 0) is 4.47 Å². The fraction of sp³-hybridized carbons (Fsp3) is 1.00. The molecule has 2 heteroatoms. The fourth-order valence-corrected chi connectivity index (χ4v) is 0.854. The molecule has 0 atom stereocenters. The molecule has 42 valence electrons. The van der Waals surface area contributed by atoms with Gasteiger partial charge in [0.25, 0.3) is 0 Å². The Morgan fingerprint density at radius 1 is 1.00 bits per heavy atom. The van der Waals surface area contributed by atoms with Crippen LogP contribution >= 0.6 is 0 Å². The SMILES string of the molecule is N[O+]1CCCCC1. The minimum absolute atomic E-state index is 1.01. The van der Waals surface area contributed by atoms with E-state index in [0.717, 1.165) is 13.2 Å². The van der Waals surface area contributed by atoms with E-state index in [2.05, 4.69) is 4.47 Å². The predicted molar refractivity (Wildman–Crippen MR) is 28.9 cm³/mol. The smallest absolute Gasteiger partial charge is 0.168 e. The molecular weight excluding hydrogens is 90.1 g/mol. The molecule has 0 bridgehead atoms. The summed E-state index contributed by atoms with van der Waals surface area (Å²) in [4.78, 5) is 0. The summed E-state index contributed by atoms with van der Waals surface area (Å²) in [5.74, 6) is 5.38. The van der Waals surface area contributed by atoms with Crippen LogP contribution in [0, 0.1) is 0 Å². The first-order chi connectivity index (χ1) is 3.39. The topological polar surface area (TPSA) is 28.7 Å². The molecule has 0 aromatic rings. The summed E-state index contributed by atoms with van der Waals surface area (Å²) in [7, 11) is 0. The van der Waals surface area contributed by atoms with Gasteiger partial charge in [-0.3, -0.25) is 0 Å². The van der Waals surface area contributed by atoms with E-state index in [-0.39, 0.29) is 0 Å². The summed E-state index contributed by atoms with van der Waals surface area (Å²) in [6, 6.07) is 0. The standard InChI is InChI=1S/C5H12NO/c6-7-4-2-1-3-5-7/h1-6H2/q+1. The highest BCUT2D eigenvalue weighted by molar-refractivity contribution is 4.48. The average Bonchev–Trinajstić information content (AvgIpc) is 1.69. The van der Waals surface area contributed by atoms with E-state index in [4.69, 9.17) is 5.90 Å². The third-order valence-corrected chi connectivity index (χ3v) is 1.31. The second kappa shape index (κ2) is 2.28. The van der Waals surface area contributed by atoms with Crippen molar-refractivity contribution in [2.45, 2.75) is 19.3 Å². The fourth-order valence-electron chi connectivity index (χ4n) is 0.854. The first kappa shape index (κ1) is 5.06. The Labute approximate surface area is 43.9 Å². The summed E-state index contributed by atoms with van der Waals surface area (Å²) >= 11 is 0. The highest BCUT2D eigenvalue weighted by atomic mass is 16.8. The Balaban J connectivity index is 2.12. The van der Waals surface area contributed by atoms with Gasteiger partial charge in [0.05, 0.1) is 0 Å². The van der Waals surface area contributed by atoms with Gasteiger partial charge in [-0.15, -0.1) is 5.90 Å². The van der Waals surface area contributed by atoms with Gasteiger partial charge in [-0.25, -0.2) is 0 Å². The lowest BCUT2D eigenvalue weighted by Crippen LogP contribution is -2.27. The third-order valence-electron chi connectivity index (χ3n) is 1.31. The average molecular weight is 102 g/mol. The van der Waals surface area contributed by atoms with Crippen molar-refractivity contribution in [3.63, 3.8) is 0 Å². The van der Waals surface area contributed by atoms with E-state index in [1.54, 1.807) is 0 Å². The molecule has 0 saturated carbocycles. The molecule has 0 radical (unpaired) electrons. The van der Waals surface area contributed by atoms with Gasteiger partial charge in [0.1, 0.15) is 0 Å². The molecule has 2 N–H and O–H groups in total. The number of nitrogens with two attached hydrogens (primary N) is 1. The van der Waals surface area contributed by atoms with E-state index in [1.807, 2.05) is 0 Å². The van der Waals surface area contributed by atoms with Crippen LogP contribution in [0.5, 0.6) is 0 Å². The zero-order valence-corrected chi connectivity index (χ0v) is 4.52. The lowest BCUT2D eigenvalue weighted by Gasteiger charge is -2.15.